The van der Waals surface area contributed by atoms with Gasteiger partial charge in [0.05, 0.1) is 11.4 Å². The van der Waals surface area contributed by atoms with E-state index in [0.717, 1.165) is 16.8 Å². The summed E-state index contributed by atoms with van der Waals surface area (Å²) in [6.07, 6.45) is 0. The summed E-state index contributed by atoms with van der Waals surface area (Å²) in [4.78, 5) is 25.5. The Morgan fingerprint density at radius 3 is 2.61 bits per heavy atom. The molecule has 0 radical (unpaired) electrons. The molecular weight excluding hydrogens is 356 g/mol. The molecule has 140 valence electrons. The molecule has 7 nitrogen and oxygen atoms in total. The molecule has 2 heterocycles. The molecule has 0 saturated heterocycles. The summed E-state index contributed by atoms with van der Waals surface area (Å²) < 4.78 is 5.10. The van der Waals surface area contributed by atoms with Crippen LogP contribution in [0.3, 0.4) is 0 Å². The van der Waals surface area contributed by atoms with Crippen molar-refractivity contribution in [1.29, 1.82) is 0 Å². The van der Waals surface area contributed by atoms with Crippen molar-refractivity contribution in [3.63, 3.8) is 0 Å². The van der Waals surface area contributed by atoms with Gasteiger partial charge in [0.25, 0.3) is 5.91 Å². The summed E-state index contributed by atoms with van der Waals surface area (Å²) in [6, 6.07) is 14.0. The summed E-state index contributed by atoms with van der Waals surface area (Å²) in [5.41, 5.74) is 4.41. The van der Waals surface area contributed by atoms with Crippen LogP contribution in [0.4, 0.5) is 5.69 Å². The minimum absolute atomic E-state index is 0.250. The van der Waals surface area contributed by atoms with E-state index in [1.807, 2.05) is 32.0 Å². The van der Waals surface area contributed by atoms with Crippen molar-refractivity contribution in [2.24, 2.45) is 0 Å². The van der Waals surface area contributed by atoms with E-state index in [4.69, 9.17) is 4.42 Å². The summed E-state index contributed by atoms with van der Waals surface area (Å²) in [6.45, 7) is 5.75. The maximum Gasteiger partial charge on any atom is 0.336 e. The molecule has 0 atom stereocenters. The third-order valence-electron chi connectivity index (χ3n) is 4.44. The summed E-state index contributed by atoms with van der Waals surface area (Å²) in [5.74, 6) is -0.356. The van der Waals surface area contributed by atoms with Crippen molar-refractivity contribution in [3.05, 3.63) is 81.5 Å². The van der Waals surface area contributed by atoms with E-state index < -0.39 is 5.63 Å². The summed E-state index contributed by atoms with van der Waals surface area (Å²) in [5, 5.41) is 12.3. The summed E-state index contributed by atoms with van der Waals surface area (Å²) >= 11 is 0. The van der Waals surface area contributed by atoms with E-state index in [2.05, 4.69) is 15.5 Å². The molecule has 0 fully saturated rings. The van der Waals surface area contributed by atoms with Gasteiger partial charge < -0.3 is 9.73 Å². The number of carbonyl (C=O) groups is 1. The van der Waals surface area contributed by atoms with Crippen LogP contribution in [0.2, 0.25) is 0 Å². The van der Waals surface area contributed by atoms with Crippen LogP contribution < -0.4 is 10.9 Å². The molecule has 2 aromatic heterocycles. The molecule has 0 bridgehead atoms. The van der Waals surface area contributed by atoms with Crippen molar-refractivity contribution < 1.29 is 9.21 Å². The van der Waals surface area contributed by atoms with Crippen LogP contribution in [0, 0.1) is 20.8 Å². The molecule has 0 spiro atoms. The predicted octanol–water partition coefficient (Wildman–Crippen LogP) is 3.55. The second kappa shape index (κ2) is 6.77. The van der Waals surface area contributed by atoms with Gasteiger partial charge in [-0.1, -0.05) is 17.7 Å². The number of anilines is 1. The van der Waals surface area contributed by atoms with Gasteiger partial charge in [0.15, 0.2) is 5.69 Å². The zero-order chi connectivity index (χ0) is 19.8. The van der Waals surface area contributed by atoms with Gasteiger partial charge in [-0.05, 0) is 56.7 Å². The first-order valence-electron chi connectivity index (χ1n) is 8.77. The first-order chi connectivity index (χ1) is 13.4. The minimum Gasteiger partial charge on any atom is -0.423 e. The van der Waals surface area contributed by atoms with Crippen LogP contribution in [0.25, 0.3) is 16.7 Å². The first kappa shape index (κ1) is 17.7. The van der Waals surface area contributed by atoms with Gasteiger partial charge in [-0.2, -0.15) is 9.90 Å². The van der Waals surface area contributed by atoms with E-state index in [1.165, 1.54) is 10.9 Å². The van der Waals surface area contributed by atoms with E-state index in [1.54, 1.807) is 31.2 Å². The van der Waals surface area contributed by atoms with Crippen LogP contribution >= 0.6 is 0 Å². The molecular formula is C21H18N4O3. The van der Waals surface area contributed by atoms with E-state index in [0.29, 0.717) is 22.4 Å². The number of nitrogens with one attached hydrogen (secondary N) is 1. The minimum atomic E-state index is -0.414. The number of fused-ring (bicyclic) bond motifs is 1. The Morgan fingerprint density at radius 2 is 1.82 bits per heavy atom. The Hall–Kier alpha value is -3.74. The Morgan fingerprint density at radius 1 is 1.00 bits per heavy atom. The van der Waals surface area contributed by atoms with Crippen LogP contribution in [-0.2, 0) is 0 Å². The standard InChI is InChI=1S/C21H18N4O3/c1-12-4-7-17(13(2)10-12)25-23-14(3)20(24-25)21(27)22-16-6-8-18-15(11-16)5-9-19(26)28-18/h4-11H,1-3H3,(H,22,27). The number of benzene rings is 2. The number of aromatic nitrogens is 3. The van der Waals surface area contributed by atoms with Gasteiger partial charge in [-0.3, -0.25) is 4.79 Å². The number of nitrogens with zero attached hydrogens (tertiary/aromatic N) is 3. The highest BCUT2D eigenvalue weighted by Gasteiger charge is 2.17. The molecule has 7 heteroatoms. The number of carbonyl (C=O) groups excluding carboxylic acids is 1. The maximum absolute atomic E-state index is 12.7. The second-order valence-electron chi connectivity index (χ2n) is 6.67. The van der Waals surface area contributed by atoms with Crippen LogP contribution in [0.15, 0.2) is 57.7 Å². The second-order valence-corrected chi connectivity index (χ2v) is 6.67. The highest BCUT2D eigenvalue weighted by atomic mass is 16.4. The number of rotatable bonds is 3. The molecule has 1 amide bonds. The fourth-order valence-electron chi connectivity index (χ4n) is 3.07. The Balaban J connectivity index is 1.62. The summed E-state index contributed by atoms with van der Waals surface area (Å²) in [7, 11) is 0. The fourth-order valence-corrected chi connectivity index (χ4v) is 3.07. The topological polar surface area (TPSA) is 90.0 Å². The smallest absolute Gasteiger partial charge is 0.336 e. The average molecular weight is 374 g/mol. The average Bonchev–Trinajstić information content (AvgIpc) is 3.03. The zero-order valence-electron chi connectivity index (χ0n) is 15.7. The van der Waals surface area contributed by atoms with E-state index >= 15 is 0 Å². The number of aryl methyl sites for hydroxylation is 3. The van der Waals surface area contributed by atoms with E-state index in [9.17, 15) is 9.59 Å². The number of amides is 1. The van der Waals surface area contributed by atoms with Crippen molar-refractivity contribution in [2.75, 3.05) is 5.32 Å². The van der Waals surface area contributed by atoms with Gasteiger partial charge >= 0.3 is 5.63 Å². The van der Waals surface area contributed by atoms with Gasteiger partial charge in [0.1, 0.15) is 5.58 Å². The van der Waals surface area contributed by atoms with Crippen molar-refractivity contribution >= 4 is 22.6 Å². The quantitative estimate of drug-likeness (QED) is 0.554. The number of hydrogen-bond acceptors (Lipinski definition) is 5. The SMILES string of the molecule is Cc1ccc(-n2nc(C)c(C(=O)Nc3ccc4oc(=O)ccc4c3)n2)c(C)c1. The van der Waals surface area contributed by atoms with Crippen molar-refractivity contribution in [3.8, 4) is 5.69 Å². The largest absolute Gasteiger partial charge is 0.423 e. The van der Waals surface area contributed by atoms with Crippen molar-refractivity contribution in [2.45, 2.75) is 20.8 Å². The molecule has 4 rings (SSSR count). The van der Waals surface area contributed by atoms with Crippen molar-refractivity contribution in [1.82, 2.24) is 15.0 Å². The highest BCUT2D eigenvalue weighted by Crippen LogP contribution is 2.19. The van der Waals surface area contributed by atoms with Gasteiger partial charge in [-0.25, -0.2) is 4.79 Å². The van der Waals surface area contributed by atoms with Gasteiger partial charge in [0, 0.05) is 17.1 Å². The van der Waals surface area contributed by atoms with Crippen LogP contribution in [0.1, 0.15) is 27.3 Å². The zero-order valence-corrected chi connectivity index (χ0v) is 15.7. The molecule has 0 aliphatic carbocycles. The highest BCUT2D eigenvalue weighted by molar-refractivity contribution is 6.04. The molecule has 0 aliphatic heterocycles. The lowest BCUT2D eigenvalue weighted by atomic mass is 10.1. The first-order valence-corrected chi connectivity index (χ1v) is 8.77. The Labute approximate surface area is 160 Å². The Kier molecular flexibility index (Phi) is 4.27. The van der Waals surface area contributed by atoms with E-state index in [-0.39, 0.29) is 11.6 Å². The lowest BCUT2D eigenvalue weighted by Gasteiger charge is -2.05. The molecule has 0 unspecified atom stereocenters. The molecule has 2 aromatic carbocycles. The number of hydrogen-bond donors (Lipinski definition) is 1. The van der Waals surface area contributed by atoms with Gasteiger partial charge in [-0.15, -0.1) is 5.10 Å². The van der Waals surface area contributed by atoms with Crippen LogP contribution in [0.5, 0.6) is 0 Å². The molecule has 0 aliphatic rings. The Bertz CT molecular complexity index is 1270. The lowest BCUT2D eigenvalue weighted by molar-refractivity contribution is 0.102. The normalized spacial score (nSPS) is 11.0. The third-order valence-corrected chi connectivity index (χ3v) is 4.44. The molecule has 0 saturated carbocycles. The maximum atomic E-state index is 12.7. The third kappa shape index (κ3) is 3.29. The predicted molar refractivity (Wildman–Crippen MR) is 106 cm³/mol. The molecule has 1 N–H and O–H groups in total. The monoisotopic (exact) mass is 374 g/mol. The van der Waals surface area contributed by atoms with Crippen LogP contribution in [-0.4, -0.2) is 20.9 Å². The molecule has 28 heavy (non-hydrogen) atoms. The fraction of sp³-hybridized carbons (Fsp3) is 0.143. The lowest BCUT2D eigenvalue weighted by Crippen LogP contribution is -2.14. The van der Waals surface area contributed by atoms with Gasteiger partial charge in [0.2, 0.25) is 0 Å². The molecule has 4 aromatic rings.